The molecule has 1 atom stereocenters. The van der Waals surface area contributed by atoms with Crippen LogP contribution in [0.4, 0.5) is 0 Å². The highest BCUT2D eigenvalue weighted by Crippen LogP contribution is 2.15. The lowest BCUT2D eigenvalue weighted by atomic mass is 10.1. The van der Waals surface area contributed by atoms with Crippen molar-refractivity contribution in [1.29, 1.82) is 0 Å². The average molecular weight is 331 g/mol. The number of aliphatic carboxylic acids is 1. The SMILES string of the molecule is CCn1cc(Br)cc1C(=O)NC(C)CCCC(=O)O. The van der Waals surface area contributed by atoms with Crippen LogP contribution < -0.4 is 5.32 Å². The third-order valence-electron chi connectivity index (χ3n) is 2.84. The number of hydrogen-bond acceptors (Lipinski definition) is 2. The molecule has 0 aliphatic rings. The number of carbonyl (C=O) groups is 2. The van der Waals surface area contributed by atoms with Gasteiger partial charge < -0.3 is 15.0 Å². The van der Waals surface area contributed by atoms with Crippen LogP contribution in [-0.2, 0) is 11.3 Å². The number of carboxylic acids is 1. The summed E-state index contributed by atoms with van der Waals surface area (Å²) in [5.41, 5.74) is 0.611. The third-order valence-corrected chi connectivity index (χ3v) is 3.28. The zero-order valence-electron chi connectivity index (χ0n) is 11.1. The van der Waals surface area contributed by atoms with E-state index in [0.717, 1.165) is 11.0 Å². The minimum absolute atomic E-state index is 0.0363. The number of nitrogens with zero attached hydrogens (tertiary/aromatic N) is 1. The van der Waals surface area contributed by atoms with Gasteiger partial charge in [-0.05, 0) is 48.7 Å². The quantitative estimate of drug-likeness (QED) is 0.807. The van der Waals surface area contributed by atoms with E-state index in [1.54, 1.807) is 6.07 Å². The van der Waals surface area contributed by atoms with Gasteiger partial charge >= 0.3 is 5.97 Å². The van der Waals surface area contributed by atoms with E-state index in [0.29, 0.717) is 18.5 Å². The van der Waals surface area contributed by atoms with Crippen LogP contribution in [0, 0.1) is 0 Å². The molecule has 6 heteroatoms. The summed E-state index contributed by atoms with van der Waals surface area (Å²) in [5.74, 6) is -0.933. The molecule has 106 valence electrons. The summed E-state index contributed by atoms with van der Waals surface area (Å²) in [6.07, 6.45) is 3.22. The number of aryl methyl sites for hydroxylation is 1. The molecule has 0 aliphatic carbocycles. The molecule has 0 bridgehead atoms. The molecule has 1 rings (SSSR count). The summed E-state index contributed by atoms with van der Waals surface area (Å²) in [5, 5.41) is 11.4. The summed E-state index contributed by atoms with van der Waals surface area (Å²) >= 11 is 3.35. The van der Waals surface area contributed by atoms with E-state index in [2.05, 4.69) is 21.2 Å². The molecule has 0 fully saturated rings. The molecule has 0 spiro atoms. The fraction of sp³-hybridized carbons (Fsp3) is 0.538. The van der Waals surface area contributed by atoms with Gasteiger partial charge in [0.25, 0.3) is 5.91 Å². The average Bonchev–Trinajstić information content (AvgIpc) is 2.70. The molecule has 0 radical (unpaired) electrons. The van der Waals surface area contributed by atoms with E-state index in [-0.39, 0.29) is 18.4 Å². The molecule has 1 aromatic rings. The van der Waals surface area contributed by atoms with E-state index in [4.69, 9.17) is 5.11 Å². The second-order valence-electron chi connectivity index (χ2n) is 4.49. The van der Waals surface area contributed by atoms with Crippen molar-refractivity contribution in [3.63, 3.8) is 0 Å². The van der Waals surface area contributed by atoms with Crippen molar-refractivity contribution in [1.82, 2.24) is 9.88 Å². The lowest BCUT2D eigenvalue weighted by molar-refractivity contribution is -0.137. The molecule has 1 aromatic heterocycles. The van der Waals surface area contributed by atoms with Gasteiger partial charge in [0.15, 0.2) is 0 Å². The van der Waals surface area contributed by atoms with Gasteiger partial charge in [-0.1, -0.05) is 0 Å². The molecular formula is C13H19BrN2O3. The maximum Gasteiger partial charge on any atom is 0.303 e. The molecule has 19 heavy (non-hydrogen) atoms. The predicted octanol–water partition coefficient (Wildman–Crippen LogP) is 2.64. The molecule has 0 aromatic carbocycles. The van der Waals surface area contributed by atoms with Crippen LogP contribution in [0.2, 0.25) is 0 Å². The van der Waals surface area contributed by atoms with Gasteiger partial charge in [0, 0.05) is 29.7 Å². The monoisotopic (exact) mass is 330 g/mol. The van der Waals surface area contributed by atoms with Crippen LogP contribution >= 0.6 is 15.9 Å². The van der Waals surface area contributed by atoms with Crippen molar-refractivity contribution in [2.45, 2.75) is 45.7 Å². The first kappa shape index (κ1) is 15.8. The summed E-state index contributed by atoms with van der Waals surface area (Å²) in [4.78, 5) is 22.5. The van der Waals surface area contributed by atoms with E-state index in [1.165, 1.54) is 0 Å². The van der Waals surface area contributed by atoms with E-state index in [1.807, 2.05) is 24.6 Å². The van der Waals surface area contributed by atoms with Crippen molar-refractivity contribution in [3.8, 4) is 0 Å². The molecule has 0 aliphatic heterocycles. The Hall–Kier alpha value is -1.30. The summed E-state index contributed by atoms with van der Waals surface area (Å²) in [6, 6.07) is 1.74. The summed E-state index contributed by atoms with van der Waals surface area (Å²) < 4.78 is 2.74. The Morgan fingerprint density at radius 1 is 1.53 bits per heavy atom. The Kier molecular flexibility index (Phi) is 6.08. The standard InChI is InChI=1S/C13H19BrN2O3/c1-3-16-8-10(14)7-11(16)13(19)15-9(2)5-4-6-12(17)18/h7-9H,3-6H2,1-2H3,(H,15,19)(H,17,18). The second kappa shape index (κ2) is 7.33. The van der Waals surface area contributed by atoms with Gasteiger partial charge in [0.1, 0.15) is 5.69 Å². The number of halogens is 1. The van der Waals surface area contributed by atoms with Crippen LogP contribution in [0.3, 0.4) is 0 Å². The first-order chi connectivity index (χ1) is 8.93. The van der Waals surface area contributed by atoms with E-state index < -0.39 is 5.97 Å². The van der Waals surface area contributed by atoms with Crippen LogP contribution in [0.25, 0.3) is 0 Å². The molecule has 2 N–H and O–H groups in total. The fourth-order valence-corrected chi connectivity index (χ4v) is 2.32. The molecule has 1 amide bonds. The maximum atomic E-state index is 12.1. The van der Waals surface area contributed by atoms with E-state index in [9.17, 15) is 9.59 Å². The van der Waals surface area contributed by atoms with Gasteiger partial charge in [-0.3, -0.25) is 9.59 Å². The summed E-state index contributed by atoms with van der Waals surface area (Å²) in [6.45, 7) is 4.58. The van der Waals surface area contributed by atoms with Gasteiger partial charge in [0.05, 0.1) is 0 Å². The third kappa shape index (κ3) is 5.06. The lowest BCUT2D eigenvalue weighted by Crippen LogP contribution is -2.33. The van der Waals surface area contributed by atoms with Crippen molar-refractivity contribution in [3.05, 3.63) is 22.4 Å². The van der Waals surface area contributed by atoms with Gasteiger partial charge in [0.2, 0.25) is 0 Å². The second-order valence-corrected chi connectivity index (χ2v) is 5.41. The Morgan fingerprint density at radius 3 is 2.79 bits per heavy atom. The first-order valence-corrected chi connectivity index (χ1v) is 7.11. The highest BCUT2D eigenvalue weighted by atomic mass is 79.9. The lowest BCUT2D eigenvalue weighted by Gasteiger charge is -2.14. The zero-order chi connectivity index (χ0) is 14.4. The normalized spacial score (nSPS) is 12.2. The highest BCUT2D eigenvalue weighted by molar-refractivity contribution is 9.10. The molecule has 1 unspecified atom stereocenters. The number of hydrogen-bond donors (Lipinski definition) is 2. The molecule has 1 heterocycles. The Bertz CT molecular complexity index is 457. The van der Waals surface area contributed by atoms with Crippen molar-refractivity contribution >= 4 is 27.8 Å². The van der Waals surface area contributed by atoms with Crippen molar-refractivity contribution in [2.24, 2.45) is 0 Å². The number of amides is 1. The minimum Gasteiger partial charge on any atom is -0.481 e. The van der Waals surface area contributed by atoms with Crippen molar-refractivity contribution in [2.75, 3.05) is 0 Å². The zero-order valence-corrected chi connectivity index (χ0v) is 12.7. The fourth-order valence-electron chi connectivity index (χ4n) is 1.86. The van der Waals surface area contributed by atoms with Crippen LogP contribution in [0.1, 0.15) is 43.6 Å². The first-order valence-electron chi connectivity index (χ1n) is 6.32. The largest absolute Gasteiger partial charge is 0.481 e. The molecule has 0 saturated carbocycles. The molecular weight excluding hydrogens is 312 g/mol. The number of aromatic nitrogens is 1. The van der Waals surface area contributed by atoms with Gasteiger partial charge in [-0.25, -0.2) is 0 Å². The number of carbonyl (C=O) groups excluding carboxylic acids is 1. The molecule has 0 saturated heterocycles. The van der Waals surface area contributed by atoms with Crippen LogP contribution in [-0.4, -0.2) is 27.6 Å². The minimum atomic E-state index is -0.803. The van der Waals surface area contributed by atoms with Crippen LogP contribution in [0.5, 0.6) is 0 Å². The summed E-state index contributed by atoms with van der Waals surface area (Å²) in [7, 11) is 0. The predicted molar refractivity (Wildman–Crippen MR) is 76.2 cm³/mol. The number of rotatable bonds is 7. The van der Waals surface area contributed by atoms with Crippen molar-refractivity contribution < 1.29 is 14.7 Å². The molecule has 5 nitrogen and oxygen atoms in total. The number of nitrogens with one attached hydrogen (secondary N) is 1. The topological polar surface area (TPSA) is 71.3 Å². The van der Waals surface area contributed by atoms with Crippen LogP contribution in [0.15, 0.2) is 16.7 Å². The van der Waals surface area contributed by atoms with E-state index >= 15 is 0 Å². The Labute approximate surface area is 121 Å². The Morgan fingerprint density at radius 2 is 2.21 bits per heavy atom. The maximum absolute atomic E-state index is 12.1. The number of carboxylic acid groups (broad SMARTS) is 1. The smallest absolute Gasteiger partial charge is 0.303 e. The van der Waals surface area contributed by atoms with Gasteiger partial charge in [-0.15, -0.1) is 0 Å². The highest BCUT2D eigenvalue weighted by Gasteiger charge is 2.14. The van der Waals surface area contributed by atoms with Gasteiger partial charge in [-0.2, -0.15) is 0 Å². The Balaban J connectivity index is 2.51.